The number of aromatic nitrogens is 3. The van der Waals surface area contributed by atoms with Crippen LogP contribution in [-0.2, 0) is 6.42 Å². The van der Waals surface area contributed by atoms with Crippen LogP contribution in [0.4, 0.5) is 9.18 Å². The number of halogens is 1. The number of amidine groups is 1. The van der Waals surface area contributed by atoms with Gasteiger partial charge in [0.25, 0.3) is 11.7 Å². The number of pyridine rings is 1. The predicted octanol–water partition coefficient (Wildman–Crippen LogP) is 5.75. The number of quaternary nitrogens is 2. The van der Waals surface area contributed by atoms with Gasteiger partial charge in [0, 0.05) is 48.4 Å². The van der Waals surface area contributed by atoms with Crippen LogP contribution in [0.1, 0.15) is 50.0 Å². The standard InChI is InChI=1S/C40H47FN9O3/c1-4-5-9-31-25-29-8-6-7-10-33(29)39(44-31)53-24-22-49(2,3)36-26-50(40(42)52)35(45-36)16-15-34(46-50)38-37(28-11-13-30(41)14-12-28)43-27-48(38)32-17-19-47(20-18-32)21-23-51/h6-8,10-16,25-27,32,51H,4-5,9,17-24H2,1-3H3,(H-,42,52)/q+1/p+1. The van der Waals surface area contributed by atoms with Crippen molar-refractivity contribution in [3.8, 4) is 17.1 Å². The Morgan fingerprint density at radius 1 is 1.11 bits per heavy atom. The first-order valence-corrected chi connectivity index (χ1v) is 18.4. The molecule has 12 nitrogen and oxygen atoms in total. The Morgan fingerprint density at radius 2 is 1.89 bits per heavy atom. The summed E-state index contributed by atoms with van der Waals surface area (Å²) in [5.41, 5.74) is 9.78. The minimum Gasteiger partial charge on any atom is -0.471 e. The maximum atomic E-state index is 14.0. The number of hydrogen-bond donors (Lipinski definition) is 2. The molecule has 0 radical (unpaired) electrons. The van der Waals surface area contributed by atoms with Crippen LogP contribution >= 0.6 is 0 Å². The van der Waals surface area contributed by atoms with Gasteiger partial charge in [-0.2, -0.15) is 0 Å². The van der Waals surface area contributed by atoms with Gasteiger partial charge in [0.2, 0.25) is 12.1 Å². The molecule has 3 aliphatic heterocycles. The molecule has 13 heteroatoms. The third kappa shape index (κ3) is 7.30. The summed E-state index contributed by atoms with van der Waals surface area (Å²) in [6.07, 6.45) is 11.9. The van der Waals surface area contributed by atoms with Gasteiger partial charge in [-0.3, -0.25) is 4.48 Å². The van der Waals surface area contributed by atoms with E-state index in [0.29, 0.717) is 53.1 Å². The highest BCUT2D eigenvalue weighted by molar-refractivity contribution is 6.16. The number of imidazole rings is 1. The molecule has 1 unspecified atom stereocenters. The minimum atomic E-state index is -0.692. The Bertz CT molecular complexity index is 2110. The van der Waals surface area contributed by atoms with Crippen molar-refractivity contribution in [2.45, 2.75) is 45.1 Å². The molecule has 3 aliphatic rings. The smallest absolute Gasteiger partial charge is 0.452 e. The zero-order valence-corrected chi connectivity index (χ0v) is 30.7. The number of hydrogen-bond acceptors (Lipinski definition) is 8. The van der Waals surface area contributed by atoms with Crippen LogP contribution in [0.5, 0.6) is 5.88 Å². The number of likely N-dealkylation sites (N-methyl/N-ethyl adjacent to an activating group) is 1. The predicted molar refractivity (Wildman–Crippen MR) is 203 cm³/mol. The number of aliphatic hydroxyl groups is 1. The second kappa shape index (κ2) is 15.1. The number of piperidine rings is 1. The molecule has 3 N–H and O–H groups in total. The summed E-state index contributed by atoms with van der Waals surface area (Å²) in [5, 5.41) is 16.6. The van der Waals surface area contributed by atoms with Crippen LogP contribution < -0.4 is 10.5 Å². The number of aliphatic hydroxyl groups excluding tert-OH is 1. The first kappa shape index (κ1) is 36.3. The lowest BCUT2D eigenvalue weighted by Gasteiger charge is -2.33. The summed E-state index contributed by atoms with van der Waals surface area (Å²) in [7, 11) is 4.02. The molecule has 0 saturated carbocycles. The summed E-state index contributed by atoms with van der Waals surface area (Å²) in [6, 6.07) is 15.9. The molecule has 5 heterocycles. The number of ether oxygens (including phenoxy) is 1. The van der Waals surface area contributed by atoms with Crippen LogP contribution in [0.25, 0.3) is 22.0 Å². The van der Waals surface area contributed by atoms with Crippen molar-refractivity contribution in [2.75, 3.05) is 53.5 Å². The van der Waals surface area contributed by atoms with Gasteiger partial charge in [0.15, 0.2) is 0 Å². The van der Waals surface area contributed by atoms with E-state index >= 15 is 0 Å². The van der Waals surface area contributed by atoms with Crippen molar-refractivity contribution in [2.24, 2.45) is 15.8 Å². The van der Waals surface area contributed by atoms with Crippen molar-refractivity contribution in [3.05, 3.63) is 102 Å². The number of likely N-dealkylation sites (tertiary alicyclic amines) is 1. The summed E-state index contributed by atoms with van der Waals surface area (Å²) in [6.45, 7) is 5.48. The molecule has 1 atom stereocenters. The van der Waals surface area contributed by atoms with E-state index in [9.17, 15) is 14.3 Å². The molecular weight excluding hydrogens is 673 g/mol. The number of β-amino-alcohol motifs (C(OH)–C–C–N with tert-alkyl or cyclic N) is 1. The molecular formula is C40H48FN9O3+2. The third-order valence-corrected chi connectivity index (χ3v) is 10.4. The van der Waals surface area contributed by atoms with E-state index in [0.717, 1.165) is 72.9 Å². The van der Waals surface area contributed by atoms with Gasteiger partial charge in [-0.1, -0.05) is 36.6 Å². The average molecular weight is 722 g/mol. The Morgan fingerprint density at radius 3 is 2.62 bits per heavy atom. The second-order valence-electron chi connectivity index (χ2n) is 14.5. The number of nitrogens with zero attached hydrogens (tertiary/aromatic N) is 8. The number of unbranched alkanes of at least 4 members (excludes halogenated alkanes) is 1. The number of allylic oxidation sites excluding steroid dienone is 1. The number of aryl methyl sites for hydroxylation is 1. The van der Waals surface area contributed by atoms with E-state index in [1.54, 1.807) is 30.7 Å². The molecule has 0 spiro atoms. The Balaban J connectivity index is 1.18. The van der Waals surface area contributed by atoms with Gasteiger partial charge in [0.1, 0.15) is 30.4 Å². The third-order valence-electron chi connectivity index (χ3n) is 10.4. The van der Waals surface area contributed by atoms with Gasteiger partial charge in [0.05, 0.1) is 32.7 Å². The summed E-state index contributed by atoms with van der Waals surface area (Å²) >= 11 is 0. The number of aliphatic imine (C=N–C) groups is 1. The number of benzene rings is 2. The number of carbonyl (C=O) groups is 1. The molecule has 2 amide bonds. The van der Waals surface area contributed by atoms with Crippen LogP contribution in [0, 0.1) is 5.82 Å². The first-order chi connectivity index (χ1) is 25.6. The van der Waals surface area contributed by atoms with E-state index in [-0.39, 0.29) is 18.5 Å². The lowest BCUT2D eigenvalue weighted by atomic mass is 10.0. The highest BCUT2D eigenvalue weighted by atomic mass is 19.1. The van der Waals surface area contributed by atoms with E-state index < -0.39 is 10.6 Å². The van der Waals surface area contributed by atoms with E-state index in [2.05, 4.69) is 28.5 Å². The zero-order chi connectivity index (χ0) is 37.2. The van der Waals surface area contributed by atoms with Gasteiger partial charge in [-0.15, -0.1) is 4.99 Å². The van der Waals surface area contributed by atoms with Crippen molar-refractivity contribution in [3.63, 3.8) is 0 Å². The highest BCUT2D eigenvalue weighted by Crippen LogP contribution is 2.35. The molecule has 7 rings (SSSR count). The van der Waals surface area contributed by atoms with Crippen LogP contribution in [-0.4, -0.2) is 105 Å². The maximum Gasteiger partial charge on any atom is 0.452 e. The fourth-order valence-corrected chi connectivity index (χ4v) is 7.26. The van der Waals surface area contributed by atoms with Crippen molar-refractivity contribution < 1.29 is 28.1 Å². The number of carbonyl (C=O) groups excluding carboxylic acids is 1. The second-order valence-corrected chi connectivity index (χ2v) is 14.5. The SMILES string of the molecule is CCCCc1cc2ccccc2c(OCC[N+](C)(C)C2=C[N+]3(C(N)=O)N=C(c4c(-c5ccc(F)cc5)ncn4C4CCN(CCO)CC4)C=CC3=N2)n1. The number of fused-ring (bicyclic) bond motifs is 2. The minimum absolute atomic E-state index is 0.106. The fourth-order valence-electron chi connectivity index (χ4n) is 7.26. The molecule has 1 saturated heterocycles. The van der Waals surface area contributed by atoms with Gasteiger partial charge < -0.3 is 25.0 Å². The molecule has 2 aromatic heterocycles. The molecule has 0 bridgehead atoms. The maximum absolute atomic E-state index is 14.0. The monoisotopic (exact) mass is 721 g/mol. The van der Waals surface area contributed by atoms with Gasteiger partial charge >= 0.3 is 6.03 Å². The molecule has 53 heavy (non-hydrogen) atoms. The molecule has 1 fully saturated rings. The van der Waals surface area contributed by atoms with Crippen LogP contribution in [0.15, 0.2) is 95.2 Å². The summed E-state index contributed by atoms with van der Waals surface area (Å²) in [5.74, 6) is 1.29. The Hall–Kier alpha value is -5.08. The summed E-state index contributed by atoms with van der Waals surface area (Å²) in [4.78, 5) is 30.3. The van der Waals surface area contributed by atoms with Gasteiger partial charge in [-0.05, 0) is 78.1 Å². The Kier molecular flexibility index (Phi) is 10.3. The molecule has 4 aromatic rings. The Labute approximate surface area is 309 Å². The van der Waals surface area contributed by atoms with E-state index in [1.807, 2.05) is 38.4 Å². The van der Waals surface area contributed by atoms with Crippen molar-refractivity contribution in [1.29, 1.82) is 0 Å². The lowest BCUT2D eigenvalue weighted by Crippen LogP contribution is -2.51. The van der Waals surface area contributed by atoms with Crippen LogP contribution in [0.3, 0.4) is 0 Å². The van der Waals surface area contributed by atoms with E-state index in [1.165, 1.54) is 12.1 Å². The molecule has 0 aliphatic carbocycles. The summed E-state index contributed by atoms with van der Waals surface area (Å²) < 4.78 is 22.1. The lowest BCUT2D eigenvalue weighted by molar-refractivity contribution is -0.856. The number of urea groups is 1. The number of rotatable bonds is 13. The van der Waals surface area contributed by atoms with Crippen molar-refractivity contribution in [1.82, 2.24) is 19.4 Å². The normalized spacial score (nSPS) is 19.2. The average Bonchev–Trinajstić information content (AvgIpc) is 3.78. The van der Waals surface area contributed by atoms with Crippen LogP contribution in [0.2, 0.25) is 0 Å². The highest BCUT2D eigenvalue weighted by Gasteiger charge is 2.51. The zero-order valence-electron chi connectivity index (χ0n) is 30.7. The largest absolute Gasteiger partial charge is 0.471 e. The van der Waals surface area contributed by atoms with E-state index in [4.69, 9.17) is 30.5 Å². The first-order valence-electron chi connectivity index (χ1n) is 18.4. The fraction of sp³-hybridized carbons (Fsp3) is 0.375. The molecule has 2 aromatic carbocycles. The topological polar surface area (TPSA) is 131 Å². The number of nitrogens with two attached hydrogens (primary N) is 1. The number of primary amides is 1. The molecule has 276 valence electrons. The quantitative estimate of drug-likeness (QED) is 0.169. The van der Waals surface area contributed by atoms with Gasteiger partial charge in [-0.25, -0.2) is 19.2 Å². The number of amides is 2. The van der Waals surface area contributed by atoms with Crippen molar-refractivity contribution >= 4 is 28.4 Å².